The second-order valence-corrected chi connectivity index (χ2v) is 6.38. The average molecular weight is 337 g/mol. The maximum atomic E-state index is 5.92. The third-order valence-corrected chi connectivity index (χ3v) is 4.25. The fourth-order valence-corrected chi connectivity index (χ4v) is 2.85. The van der Waals surface area contributed by atoms with E-state index < -0.39 is 0 Å². The van der Waals surface area contributed by atoms with Gasteiger partial charge in [-0.2, -0.15) is 5.10 Å². The van der Waals surface area contributed by atoms with Gasteiger partial charge in [0, 0.05) is 5.02 Å². The van der Waals surface area contributed by atoms with Crippen LogP contribution in [-0.2, 0) is 0 Å². The zero-order valence-corrected chi connectivity index (χ0v) is 13.0. The number of imidazole rings is 1. The molecule has 1 aromatic carbocycles. The van der Waals surface area contributed by atoms with Gasteiger partial charge in [0.05, 0.1) is 21.6 Å². The van der Waals surface area contributed by atoms with Crippen LogP contribution in [0.2, 0.25) is 9.36 Å². The molecule has 0 aliphatic heterocycles. The lowest BCUT2D eigenvalue weighted by atomic mass is 10.2. The smallest absolute Gasteiger partial charge is 0.221 e. The SMILES string of the molecule is Nc1nc(-c2ccc(Cl)s2)cn1/N=C\c1ccc(Cl)cc1. The molecule has 0 saturated heterocycles. The number of nitrogen functional groups attached to an aromatic ring is 1. The van der Waals surface area contributed by atoms with Crippen molar-refractivity contribution in [2.24, 2.45) is 5.10 Å². The van der Waals surface area contributed by atoms with Crippen LogP contribution in [0.5, 0.6) is 0 Å². The summed E-state index contributed by atoms with van der Waals surface area (Å²) < 4.78 is 2.24. The van der Waals surface area contributed by atoms with Crippen molar-refractivity contribution in [3.8, 4) is 10.6 Å². The summed E-state index contributed by atoms with van der Waals surface area (Å²) in [6.45, 7) is 0. The molecule has 0 atom stereocenters. The highest BCUT2D eigenvalue weighted by Crippen LogP contribution is 2.30. The molecule has 3 rings (SSSR count). The summed E-state index contributed by atoms with van der Waals surface area (Å²) in [6, 6.07) is 11.1. The number of nitrogens with zero attached hydrogens (tertiary/aromatic N) is 3. The quantitative estimate of drug-likeness (QED) is 0.721. The number of hydrogen-bond donors (Lipinski definition) is 1. The van der Waals surface area contributed by atoms with Crippen LogP contribution >= 0.6 is 34.5 Å². The Morgan fingerprint density at radius 3 is 2.57 bits per heavy atom. The molecule has 0 amide bonds. The van der Waals surface area contributed by atoms with Crippen LogP contribution in [0.4, 0.5) is 5.95 Å². The van der Waals surface area contributed by atoms with Crippen molar-refractivity contribution in [2.45, 2.75) is 0 Å². The van der Waals surface area contributed by atoms with E-state index in [2.05, 4.69) is 10.1 Å². The number of nitrogens with two attached hydrogens (primary N) is 1. The molecule has 0 aliphatic rings. The van der Waals surface area contributed by atoms with Crippen molar-refractivity contribution < 1.29 is 0 Å². The molecule has 0 saturated carbocycles. The molecule has 7 heteroatoms. The number of aromatic nitrogens is 2. The molecule has 0 radical (unpaired) electrons. The summed E-state index contributed by atoms with van der Waals surface area (Å²) in [5, 5.41) is 4.98. The number of halogens is 2. The lowest BCUT2D eigenvalue weighted by Gasteiger charge is -1.95. The van der Waals surface area contributed by atoms with E-state index in [9.17, 15) is 0 Å². The predicted molar refractivity (Wildman–Crippen MR) is 89.4 cm³/mol. The number of hydrogen-bond acceptors (Lipinski definition) is 4. The van der Waals surface area contributed by atoms with E-state index in [4.69, 9.17) is 28.9 Å². The molecule has 106 valence electrons. The first-order valence-corrected chi connectivity index (χ1v) is 7.59. The Hall–Kier alpha value is -1.82. The van der Waals surface area contributed by atoms with E-state index in [1.165, 1.54) is 16.0 Å². The fraction of sp³-hybridized carbons (Fsp3) is 0. The van der Waals surface area contributed by atoms with Gasteiger partial charge in [-0.3, -0.25) is 0 Å². The van der Waals surface area contributed by atoms with Crippen molar-refractivity contribution in [3.63, 3.8) is 0 Å². The Morgan fingerprint density at radius 2 is 1.90 bits per heavy atom. The van der Waals surface area contributed by atoms with Crippen LogP contribution in [0.15, 0.2) is 47.7 Å². The first-order chi connectivity index (χ1) is 10.1. The maximum absolute atomic E-state index is 5.92. The second kappa shape index (κ2) is 5.89. The van der Waals surface area contributed by atoms with Gasteiger partial charge in [0.25, 0.3) is 0 Å². The van der Waals surface area contributed by atoms with E-state index in [1.54, 1.807) is 24.5 Å². The molecule has 0 aliphatic carbocycles. The first kappa shape index (κ1) is 14.1. The summed E-state index contributed by atoms with van der Waals surface area (Å²) in [7, 11) is 0. The Labute approximate surface area is 135 Å². The number of benzene rings is 1. The summed E-state index contributed by atoms with van der Waals surface area (Å²) in [5.41, 5.74) is 7.53. The van der Waals surface area contributed by atoms with Crippen LogP contribution in [0.3, 0.4) is 0 Å². The third-order valence-electron chi connectivity index (χ3n) is 2.74. The largest absolute Gasteiger partial charge is 0.368 e. The van der Waals surface area contributed by atoms with E-state index in [-0.39, 0.29) is 0 Å². The van der Waals surface area contributed by atoms with Crippen molar-refractivity contribution in [1.29, 1.82) is 0 Å². The summed E-state index contributed by atoms with van der Waals surface area (Å²) >= 11 is 13.2. The van der Waals surface area contributed by atoms with Gasteiger partial charge in [-0.25, -0.2) is 9.66 Å². The lowest BCUT2D eigenvalue weighted by molar-refractivity contribution is 0.898. The minimum atomic E-state index is 0.319. The minimum Gasteiger partial charge on any atom is -0.368 e. The topological polar surface area (TPSA) is 56.2 Å². The molecule has 2 aromatic heterocycles. The molecule has 0 bridgehead atoms. The van der Waals surface area contributed by atoms with Gasteiger partial charge in [-0.1, -0.05) is 35.3 Å². The first-order valence-electron chi connectivity index (χ1n) is 6.02. The van der Waals surface area contributed by atoms with Gasteiger partial charge >= 0.3 is 0 Å². The average Bonchev–Trinajstić information content (AvgIpc) is 3.05. The standard InChI is InChI=1S/C14H10Cl2N4S/c15-10-3-1-9(2-4-10)7-18-20-8-11(19-14(20)17)12-5-6-13(16)21-12/h1-8H,(H2,17,19)/b18-7-. The van der Waals surface area contributed by atoms with Gasteiger partial charge in [-0.05, 0) is 29.8 Å². The minimum absolute atomic E-state index is 0.319. The van der Waals surface area contributed by atoms with Crippen molar-refractivity contribution in [2.75, 3.05) is 5.73 Å². The highest BCUT2D eigenvalue weighted by Gasteiger charge is 2.08. The fourth-order valence-electron chi connectivity index (χ4n) is 1.73. The monoisotopic (exact) mass is 336 g/mol. The zero-order valence-electron chi connectivity index (χ0n) is 10.7. The Bertz CT molecular complexity index is 790. The van der Waals surface area contributed by atoms with Gasteiger partial charge in [0.15, 0.2) is 0 Å². The predicted octanol–water partition coefficient (Wildman–Crippen LogP) is 4.38. The van der Waals surface area contributed by atoms with Crippen molar-refractivity contribution in [1.82, 2.24) is 9.66 Å². The second-order valence-electron chi connectivity index (χ2n) is 4.23. The molecular formula is C14H10Cl2N4S. The van der Waals surface area contributed by atoms with E-state index in [0.29, 0.717) is 15.3 Å². The van der Waals surface area contributed by atoms with Crippen LogP contribution in [0, 0.1) is 0 Å². The molecule has 0 spiro atoms. The highest BCUT2D eigenvalue weighted by atomic mass is 35.5. The van der Waals surface area contributed by atoms with Crippen LogP contribution < -0.4 is 5.73 Å². The number of rotatable bonds is 3. The molecule has 3 aromatic rings. The molecule has 0 fully saturated rings. The summed E-state index contributed by atoms with van der Waals surface area (Å²) in [5.74, 6) is 0.319. The zero-order chi connectivity index (χ0) is 14.8. The third kappa shape index (κ3) is 3.26. The summed E-state index contributed by atoms with van der Waals surface area (Å²) in [6.07, 6.45) is 3.46. The van der Waals surface area contributed by atoms with Crippen molar-refractivity contribution in [3.05, 3.63) is 57.5 Å². The Morgan fingerprint density at radius 1 is 1.14 bits per heavy atom. The van der Waals surface area contributed by atoms with E-state index >= 15 is 0 Å². The Balaban J connectivity index is 1.86. The highest BCUT2D eigenvalue weighted by molar-refractivity contribution is 7.19. The molecular weight excluding hydrogens is 327 g/mol. The maximum Gasteiger partial charge on any atom is 0.221 e. The van der Waals surface area contributed by atoms with Gasteiger partial charge in [0.1, 0.15) is 5.69 Å². The van der Waals surface area contributed by atoms with Crippen LogP contribution in [-0.4, -0.2) is 15.9 Å². The Kier molecular flexibility index (Phi) is 3.96. The molecule has 0 unspecified atom stereocenters. The normalized spacial score (nSPS) is 11.3. The van der Waals surface area contributed by atoms with Gasteiger partial charge in [-0.15, -0.1) is 11.3 Å². The van der Waals surface area contributed by atoms with E-state index in [0.717, 1.165) is 16.1 Å². The number of thiophene rings is 1. The van der Waals surface area contributed by atoms with Crippen molar-refractivity contribution >= 4 is 46.7 Å². The lowest BCUT2D eigenvalue weighted by Crippen LogP contribution is -1.96. The van der Waals surface area contributed by atoms with Crippen LogP contribution in [0.25, 0.3) is 10.6 Å². The molecule has 2 N–H and O–H groups in total. The van der Waals surface area contributed by atoms with E-state index in [1.807, 2.05) is 24.3 Å². The molecule has 2 heterocycles. The van der Waals surface area contributed by atoms with Gasteiger partial charge in [0.2, 0.25) is 5.95 Å². The molecule has 4 nitrogen and oxygen atoms in total. The van der Waals surface area contributed by atoms with Crippen LogP contribution in [0.1, 0.15) is 5.56 Å². The van der Waals surface area contributed by atoms with Gasteiger partial charge < -0.3 is 5.73 Å². The number of anilines is 1. The summed E-state index contributed by atoms with van der Waals surface area (Å²) in [4.78, 5) is 5.23. The molecule has 21 heavy (non-hydrogen) atoms.